The number of allylic oxidation sites excluding steroid dienone is 1. The van der Waals surface area contributed by atoms with Crippen molar-refractivity contribution in [2.75, 3.05) is 13.2 Å². The van der Waals surface area contributed by atoms with Crippen LogP contribution >= 0.6 is 0 Å². The van der Waals surface area contributed by atoms with E-state index >= 15 is 0 Å². The molecule has 0 fully saturated rings. The quantitative estimate of drug-likeness (QED) is 0.270. The summed E-state index contributed by atoms with van der Waals surface area (Å²) in [6.45, 7) is -0.692. The van der Waals surface area contributed by atoms with Gasteiger partial charge in [-0.3, -0.25) is 9.59 Å². The summed E-state index contributed by atoms with van der Waals surface area (Å²) < 4.78 is 110. The van der Waals surface area contributed by atoms with Gasteiger partial charge in [0.2, 0.25) is 0 Å². The van der Waals surface area contributed by atoms with Crippen molar-refractivity contribution in [3.63, 3.8) is 0 Å². The van der Waals surface area contributed by atoms with Gasteiger partial charge >= 0.3 is 36.1 Å². The van der Waals surface area contributed by atoms with Gasteiger partial charge in [-0.15, -0.1) is 0 Å². The predicted molar refractivity (Wildman–Crippen MR) is 76.0 cm³/mol. The zero-order valence-corrected chi connectivity index (χ0v) is 14.1. The first-order valence-electron chi connectivity index (χ1n) is 7.67. The first kappa shape index (κ1) is 25.1. The van der Waals surface area contributed by atoms with Gasteiger partial charge in [-0.05, 0) is 12.8 Å². The standard InChI is InChI=1S/C15H18F8O4/c1-2-3-4-8-26-10(24)6-5-7-11(25)27-9-13(18,19)15(22,23)14(20,21)12(16)17/h3-4,12H,2,5-9H2,1H3/b4-3+. The van der Waals surface area contributed by atoms with Crippen molar-refractivity contribution in [1.82, 2.24) is 0 Å². The highest BCUT2D eigenvalue weighted by atomic mass is 19.4. The van der Waals surface area contributed by atoms with Crippen LogP contribution in [0.4, 0.5) is 35.1 Å². The van der Waals surface area contributed by atoms with Crippen LogP contribution in [-0.2, 0) is 19.1 Å². The largest absolute Gasteiger partial charge is 0.461 e. The number of carbonyl (C=O) groups excluding carboxylic acids is 2. The Morgan fingerprint density at radius 1 is 0.926 bits per heavy atom. The molecule has 0 aromatic carbocycles. The average molecular weight is 414 g/mol. The van der Waals surface area contributed by atoms with E-state index in [-0.39, 0.29) is 19.4 Å². The molecule has 0 rings (SSSR count). The van der Waals surface area contributed by atoms with Crippen molar-refractivity contribution in [2.24, 2.45) is 0 Å². The minimum atomic E-state index is -6.44. The molecule has 0 radical (unpaired) electrons. The third-order valence-corrected chi connectivity index (χ3v) is 3.07. The van der Waals surface area contributed by atoms with Crippen molar-refractivity contribution in [3.8, 4) is 0 Å². The van der Waals surface area contributed by atoms with Gasteiger partial charge in [-0.25, -0.2) is 8.78 Å². The van der Waals surface area contributed by atoms with Gasteiger partial charge in [-0.1, -0.05) is 19.1 Å². The smallest absolute Gasteiger partial charge is 0.381 e. The Bertz CT molecular complexity index is 520. The molecule has 0 saturated carbocycles. The Kier molecular flexibility index (Phi) is 9.73. The number of esters is 2. The van der Waals surface area contributed by atoms with Gasteiger partial charge in [0.05, 0.1) is 0 Å². The van der Waals surface area contributed by atoms with Gasteiger partial charge in [0.1, 0.15) is 6.61 Å². The highest BCUT2D eigenvalue weighted by Crippen LogP contribution is 2.48. The molecule has 0 heterocycles. The van der Waals surface area contributed by atoms with Gasteiger partial charge < -0.3 is 9.47 Å². The van der Waals surface area contributed by atoms with E-state index < -0.39 is 49.2 Å². The third-order valence-electron chi connectivity index (χ3n) is 3.07. The van der Waals surface area contributed by atoms with E-state index in [2.05, 4.69) is 4.74 Å². The number of rotatable bonds is 12. The molecule has 0 amide bonds. The maximum absolute atomic E-state index is 13.1. The average Bonchev–Trinajstić information content (AvgIpc) is 2.56. The minimum Gasteiger partial charge on any atom is -0.461 e. The molecule has 4 nitrogen and oxygen atoms in total. The molecule has 0 unspecified atom stereocenters. The summed E-state index contributed by atoms with van der Waals surface area (Å²) in [4.78, 5) is 22.4. The Labute approximate surface area is 149 Å². The van der Waals surface area contributed by atoms with Crippen LogP contribution in [-0.4, -0.2) is 49.3 Å². The molecular weight excluding hydrogens is 396 g/mol. The molecule has 0 aliphatic heterocycles. The second-order valence-electron chi connectivity index (χ2n) is 5.28. The SMILES string of the molecule is CC/C=C/COC(=O)CCCC(=O)OCC(F)(F)C(F)(F)C(F)(F)C(F)F. The highest BCUT2D eigenvalue weighted by molar-refractivity contribution is 5.72. The van der Waals surface area contributed by atoms with Crippen LogP contribution in [0.2, 0.25) is 0 Å². The maximum atomic E-state index is 13.1. The van der Waals surface area contributed by atoms with Crippen molar-refractivity contribution in [3.05, 3.63) is 12.2 Å². The molecule has 158 valence electrons. The summed E-state index contributed by atoms with van der Waals surface area (Å²) in [5.41, 5.74) is 0. The minimum absolute atomic E-state index is 0.0171. The lowest BCUT2D eigenvalue weighted by molar-refractivity contribution is -0.344. The number of alkyl halides is 8. The van der Waals surface area contributed by atoms with E-state index in [0.29, 0.717) is 0 Å². The Morgan fingerprint density at radius 2 is 1.44 bits per heavy atom. The molecule has 0 N–H and O–H groups in total. The van der Waals surface area contributed by atoms with Crippen molar-refractivity contribution < 1.29 is 54.2 Å². The number of hydrogen-bond donors (Lipinski definition) is 0. The van der Waals surface area contributed by atoms with Crippen molar-refractivity contribution in [2.45, 2.75) is 56.8 Å². The zero-order valence-electron chi connectivity index (χ0n) is 14.1. The fourth-order valence-electron chi connectivity index (χ4n) is 1.54. The van der Waals surface area contributed by atoms with E-state index in [1.165, 1.54) is 0 Å². The lowest BCUT2D eigenvalue weighted by Gasteiger charge is -2.31. The van der Waals surface area contributed by atoms with Crippen LogP contribution in [0.3, 0.4) is 0 Å². The zero-order chi connectivity index (χ0) is 21.3. The van der Waals surface area contributed by atoms with Crippen LogP contribution in [0.25, 0.3) is 0 Å². The fraction of sp³-hybridized carbons (Fsp3) is 0.733. The lowest BCUT2D eigenvalue weighted by atomic mass is 10.1. The number of hydrogen-bond acceptors (Lipinski definition) is 4. The summed E-state index contributed by atoms with van der Waals surface area (Å²) in [7, 11) is 0. The van der Waals surface area contributed by atoms with E-state index in [0.717, 1.165) is 6.42 Å². The molecule has 0 atom stereocenters. The van der Waals surface area contributed by atoms with E-state index in [4.69, 9.17) is 4.74 Å². The second-order valence-corrected chi connectivity index (χ2v) is 5.28. The second kappa shape index (κ2) is 10.5. The summed E-state index contributed by atoms with van der Waals surface area (Å²) >= 11 is 0. The lowest BCUT2D eigenvalue weighted by Crippen LogP contribution is -2.59. The molecule has 0 aliphatic rings. The van der Waals surface area contributed by atoms with Gasteiger partial charge in [-0.2, -0.15) is 26.3 Å². The monoisotopic (exact) mass is 414 g/mol. The van der Waals surface area contributed by atoms with Crippen LogP contribution in [0.5, 0.6) is 0 Å². The summed E-state index contributed by atoms with van der Waals surface area (Å²) in [6, 6.07) is 0. The molecule has 0 spiro atoms. The molecule has 0 aromatic heterocycles. The normalized spacial score (nSPS) is 13.3. The Balaban J connectivity index is 4.41. The van der Waals surface area contributed by atoms with Crippen LogP contribution in [0, 0.1) is 0 Å². The van der Waals surface area contributed by atoms with Crippen LogP contribution < -0.4 is 0 Å². The Morgan fingerprint density at radius 3 is 1.93 bits per heavy atom. The first-order valence-corrected chi connectivity index (χ1v) is 7.67. The van der Waals surface area contributed by atoms with Crippen molar-refractivity contribution in [1.29, 1.82) is 0 Å². The van der Waals surface area contributed by atoms with E-state index in [1.54, 1.807) is 12.2 Å². The van der Waals surface area contributed by atoms with Gasteiger partial charge in [0.15, 0.2) is 6.61 Å². The molecule has 12 heteroatoms. The molecular formula is C15H18F8O4. The Hall–Kier alpha value is -1.88. The maximum Gasteiger partial charge on any atom is 0.381 e. The van der Waals surface area contributed by atoms with E-state index in [9.17, 15) is 44.7 Å². The summed E-state index contributed by atoms with van der Waals surface area (Å²) in [6.07, 6.45) is -2.28. The fourth-order valence-corrected chi connectivity index (χ4v) is 1.54. The topological polar surface area (TPSA) is 52.6 Å². The third kappa shape index (κ3) is 7.33. The summed E-state index contributed by atoms with van der Waals surface area (Å²) in [5.74, 6) is -20.7. The van der Waals surface area contributed by atoms with E-state index in [1.807, 2.05) is 6.92 Å². The van der Waals surface area contributed by atoms with Crippen LogP contribution in [0.15, 0.2) is 12.2 Å². The van der Waals surface area contributed by atoms with Crippen molar-refractivity contribution >= 4 is 11.9 Å². The molecule has 27 heavy (non-hydrogen) atoms. The van der Waals surface area contributed by atoms with Gasteiger partial charge in [0, 0.05) is 12.8 Å². The number of halogens is 8. The molecule has 0 bridgehead atoms. The first-order chi connectivity index (χ1) is 12.3. The van der Waals surface area contributed by atoms with Gasteiger partial charge in [0.25, 0.3) is 0 Å². The number of ether oxygens (including phenoxy) is 2. The summed E-state index contributed by atoms with van der Waals surface area (Å²) in [5, 5.41) is 0. The molecule has 0 aromatic rings. The highest BCUT2D eigenvalue weighted by Gasteiger charge is 2.75. The molecule has 0 saturated heterocycles. The number of carbonyl (C=O) groups is 2. The van der Waals surface area contributed by atoms with Crippen LogP contribution in [0.1, 0.15) is 32.6 Å². The predicted octanol–water partition coefficient (Wildman–Crippen LogP) is 4.38. The molecule has 0 aliphatic carbocycles.